The van der Waals surface area contributed by atoms with Crippen molar-refractivity contribution in [2.24, 2.45) is 5.92 Å². The first-order chi connectivity index (χ1) is 8.59. The second-order valence-corrected chi connectivity index (χ2v) is 5.27. The van der Waals surface area contributed by atoms with Crippen molar-refractivity contribution in [3.8, 4) is 0 Å². The Labute approximate surface area is 109 Å². The van der Waals surface area contributed by atoms with Crippen LogP contribution in [0.5, 0.6) is 0 Å². The molecule has 98 valence electrons. The van der Waals surface area contributed by atoms with Crippen LogP contribution in [0.3, 0.4) is 0 Å². The Kier molecular flexibility index (Phi) is 3.84. The van der Waals surface area contributed by atoms with Crippen molar-refractivity contribution in [1.29, 1.82) is 0 Å². The average Bonchev–Trinajstić information content (AvgIpc) is 2.38. The zero-order valence-corrected chi connectivity index (χ0v) is 11.4. The van der Waals surface area contributed by atoms with Gasteiger partial charge in [0.05, 0.1) is 5.56 Å². The number of pyridine rings is 1. The fourth-order valence-electron chi connectivity index (χ4n) is 2.46. The average molecular weight is 247 g/mol. The Morgan fingerprint density at radius 2 is 2.28 bits per heavy atom. The molecule has 2 rings (SSSR count). The number of nitrogens with zero attached hydrogens (tertiary/aromatic N) is 3. The Bertz CT molecular complexity index is 431. The molecule has 0 saturated carbocycles. The first kappa shape index (κ1) is 12.9. The van der Waals surface area contributed by atoms with Crippen LogP contribution in [0.1, 0.15) is 30.1 Å². The molecular weight excluding hydrogens is 226 g/mol. The summed E-state index contributed by atoms with van der Waals surface area (Å²) >= 11 is 0. The lowest BCUT2D eigenvalue weighted by molar-refractivity contribution is 0.0683. The molecule has 0 N–H and O–H groups in total. The van der Waals surface area contributed by atoms with E-state index in [1.165, 1.54) is 6.42 Å². The second-order valence-electron chi connectivity index (χ2n) is 5.27. The molecule has 0 aromatic carbocycles. The first-order valence-corrected chi connectivity index (χ1v) is 6.51. The Hall–Kier alpha value is -1.58. The SMILES string of the molecule is CC1CCCN(C(=O)c2cccnc2N(C)C)C1. The van der Waals surface area contributed by atoms with E-state index in [1.54, 1.807) is 6.20 Å². The highest BCUT2D eigenvalue weighted by molar-refractivity contribution is 5.98. The number of anilines is 1. The van der Waals surface area contributed by atoms with Crippen LogP contribution < -0.4 is 4.90 Å². The highest BCUT2D eigenvalue weighted by Gasteiger charge is 2.24. The lowest BCUT2D eigenvalue weighted by Crippen LogP contribution is -2.39. The van der Waals surface area contributed by atoms with Gasteiger partial charge in [-0.2, -0.15) is 0 Å². The third kappa shape index (κ3) is 2.63. The van der Waals surface area contributed by atoms with Crippen molar-refractivity contribution < 1.29 is 4.79 Å². The quantitative estimate of drug-likeness (QED) is 0.802. The molecule has 0 radical (unpaired) electrons. The zero-order valence-electron chi connectivity index (χ0n) is 11.4. The fraction of sp³-hybridized carbons (Fsp3) is 0.571. The first-order valence-electron chi connectivity index (χ1n) is 6.51. The summed E-state index contributed by atoms with van der Waals surface area (Å²) in [7, 11) is 3.83. The summed E-state index contributed by atoms with van der Waals surface area (Å²) in [6, 6.07) is 3.69. The van der Waals surface area contributed by atoms with Crippen molar-refractivity contribution in [2.75, 3.05) is 32.1 Å². The summed E-state index contributed by atoms with van der Waals surface area (Å²) in [6.45, 7) is 3.93. The Morgan fingerprint density at radius 3 is 2.94 bits per heavy atom. The number of hydrogen-bond donors (Lipinski definition) is 0. The van der Waals surface area contributed by atoms with Gasteiger partial charge in [-0.05, 0) is 30.9 Å². The van der Waals surface area contributed by atoms with E-state index in [0.29, 0.717) is 11.5 Å². The number of piperidine rings is 1. The van der Waals surface area contributed by atoms with Gasteiger partial charge in [-0.15, -0.1) is 0 Å². The summed E-state index contributed by atoms with van der Waals surface area (Å²) < 4.78 is 0. The number of carbonyl (C=O) groups is 1. The van der Waals surface area contributed by atoms with Crippen LogP contribution in [0.25, 0.3) is 0 Å². The predicted molar refractivity (Wildman–Crippen MR) is 72.9 cm³/mol. The van der Waals surface area contributed by atoms with E-state index in [4.69, 9.17) is 0 Å². The minimum Gasteiger partial charge on any atom is -0.362 e. The molecule has 1 aromatic heterocycles. The van der Waals surface area contributed by atoms with Crippen molar-refractivity contribution in [2.45, 2.75) is 19.8 Å². The van der Waals surface area contributed by atoms with Crippen molar-refractivity contribution >= 4 is 11.7 Å². The van der Waals surface area contributed by atoms with Gasteiger partial charge in [-0.25, -0.2) is 4.98 Å². The van der Waals surface area contributed by atoms with E-state index >= 15 is 0 Å². The molecule has 1 amide bonds. The molecule has 2 heterocycles. The molecule has 18 heavy (non-hydrogen) atoms. The molecule has 0 spiro atoms. The number of carbonyl (C=O) groups excluding carboxylic acids is 1. The van der Waals surface area contributed by atoms with Gasteiger partial charge in [0, 0.05) is 33.4 Å². The van der Waals surface area contributed by atoms with Crippen LogP contribution in [0, 0.1) is 5.92 Å². The Morgan fingerprint density at radius 1 is 1.50 bits per heavy atom. The third-order valence-electron chi connectivity index (χ3n) is 3.38. The van der Waals surface area contributed by atoms with Gasteiger partial charge in [0.1, 0.15) is 5.82 Å². The third-order valence-corrected chi connectivity index (χ3v) is 3.38. The van der Waals surface area contributed by atoms with Gasteiger partial charge in [-0.3, -0.25) is 4.79 Å². The molecule has 0 bridgehead atoms. The second kappa shape index (κ2) is 5.38. The van der Waals surface area contributed by atoms with Crippen LogP contribution in [0.2, 0.25) is 0 Å². The maximum Gasteiger partial charge on any atom is 0.257 e. The number of hydrogen-bond acceptors (Lipinski definition) is 3. The molecular formula is C14H21N3O. The van der Waals surface area contributed by atoms with E-state index < -0.39 is 0 Å². The standard InChI is InChI=1S/C14H21N3O/c1-11-6-5-9-17(10-11)14(18)12-7-4-8-15-13(12)16(2)3/h4,7-8,11H,5-6,9-10H2,1-3H3. The van der Waals surface area contributed by atoms with Gasteiger partial charge in [-0.1, -0.05) is 6.92 Å². The normalized spacial score (nSPS) is 19.7. The van der Waals surface area contributed by atoms with Gasteiger partial charge >= 0.3 is 0 Å². The highest BCUT2D eigenvalue weighted by Crippen LogP contribution is 2.21. The molecule has 4 nitrogen and oxygen atoms in total. The Balaban J connectivity index is 2.23. The fourth-order valence-corrected chi connectivity index (χ4v) is 2.46. The van der Waals surface area contributed by atoms with E-state index in [2.05, 4.69) is 11.9 Å². The summed E-state index contributed by atoms with van der Waals surface area (Å²) in [5, 5.41) is 0. The van der Waals surface area contributed by atoms with E-state index in [1.807, 2.05) is 36.0 Å². The minimum absolute atomic E-state index is 0.110. The van der Waals surface area contributed by atoms with E-state index in [9.17, 15) is 4.79 Å². The van der Waals surface area contributed by atoms with Gasteiger partial charge in [0.25, 0.3) is 5.91 Å². The molecule has 1 fully saturated rings. The molecule has 4 heteroatoms. The smallest absolute Gasteiger partial charge is 0.257 e. The summed E-state index contributed by atoms with van der Waals surface area (Å²) in [4.78, 5) is 20.7. The maximum absolute atomic E-state index is 12.5. The van der Waals surface area contributed by atoms with Crippen molar-refractivity contribution in [1.82, 2.24) is 9.88 Å². The molecule has 0 aliphatic carbocycles. The van der Waals surface area contributed by atoms with Gasteiger partial charge < -0.3 is 9.80 Å². The van der Waals surface area contributed by atoms with Gasteiger partial charge in [0.15, 0.2) is 0 Å². The topological polar surface area (TPSA) is 36.4 Å². The molecule has 1 aliphatic heterocycles. The summed E-state index contributed by atoms with van der Waals surface area (Å²) in [5.74, 6) is 1.46. The predicted octanol–water partition coefficient (Wildman–Crippen LogP) is 2.02. The van der Waals surface area contributed by atoms with Crippen LogP contribution in [-0.4, -0.2) is 43.0 Å². The van der Waals surface area contributed by atoms with Crippen LogP contribution in [-0.2, 0) is 0 Å². The number of rotatable bonds is 2. The molecule has 1 unspecified atom stereocenters. The van der Waals surface area contributed by atoms with Crippen LogP contribution >= 0.6 is 0 Å². The summed E-state index contributed by atoms with van der Waals surface area (Å²) in [5.41, 5.74) is 0.705. The zero-order chi connectivity index (χ0) is 13.1. The van der Waals surface area contributed by atoms with Crippen LogP contribution in [0.15, 0.2) is 18.3 Å². The van der Waals surface area contributed by atoms with Crippen LogP contribution in [0.4, 0.5) is 5.82 Å². The molecule has 1 aromatic rings. The summed E-state index contributed by atoms with van der Waals surface area (Å²) in [6.07, 6.45) is 4.05. The van der Waals surface area contributed by atoms with Crippen molar-refractivity contribution in [3.05, 3.63) is 23.9 Å². The number of aromatic nitrogens is 1. The van der Waals surface area contributed by atoms with E-state index in [-0.39, 0.29) is 5.91 Å². The highest BCUT2D eigenvalue weighted by atomic mass is 16.2. The van der Waals surface area contributed by atoms with Gasteiger partial charge in [0.2, 0.25) is 0 Å². The van der Waals surface area contributed by atoms with E-state index in [0.717, 1.165) is 25.3 Å². The minimum atomic E-state index is 0.110. The number of amides is 1. The lowest BCUT2D eigenvalue weighted by Gasteiger charge is -2.31. The monoisotopic (exact) mass is 247 g/mol. The lowest BCUT2D eigenvalue weighted by atomic mass is 9.99. The van der Waals surface area contributed by atoms with Crippen molar-refractivity contribution in [3.63, 3.8) is 0 Å². The largest absolute Gasteiger partial charge is 0.362 e. The number of likely N-dealkylation sites (tertiary alicyclic amines) is 1. The maximum atomic E-state index is 12.5. The molecule has 1 atom stereocenters. The molecule has 1 saturated heterocycles. The molecule has 1 aliphatic rings.